The Morgan fingerprint density at radius 3 is 2.30 bits per heavy atom. The molecule has 0 amide bonds. The van der Waals surface area contributed by atoms with Crippen LogP contribution in [-0.2, 0) is 0 Å². The number of pyridine rings is 1. The van der Waals surface area contributed by atoms with Gasteiger partial charge < -0.3 is 15.5 Å². The molecular weight excluding hydrogens is 320 g/mol. The summed E-state index contributed by atoms with van der Waals surface area (Å²) in [5.41, 5.74) is 6.72. The summed E-state index contributed by atoms with van der Waals surface area (Å²) in [4.78, 5) is 17.3. The number of aromatic nitrogens is 3. The summed E-state index contributed by atoms with van der Waals surface area (Å²) in [5, 5.41) is 0. The fourth-order valence-electron chi connectivity index (χ4n) is 2.28. The van der Waals surface area contributed by atoms with E-state index in [1.54, 1.807) is 18.6 Å². The van der Waals surface area contributed by atoms with E-state index in [1.165, 1.54) is 0 Å². The van der Waals surface area contributed by atoms with E-state index < -0.39 is 0 Å². The highest BCUT2D eigenvalue weighted by Crippen LogP contribution is 2.25. The molecule has 1 fully saturated rings. The number of hydrogen-bond donors (Lipinski definition) is 1. The summed E-state index contributed by atoms with van der Waals surface area (Å²) in [5.74, 6) is 1.63. The second kappa shape index (κ2) is 5.62. The van der Waals surface area contributed by atoms with Crippen LogP contribution in [0.5, 0.6) is 0 Å². The van der Waals surface area contributed by atoms with Gasteiger partial charge in [-0.15, -0.1) is 0 Å². The fraction of sp³-hybridized carbons (Fsp3) is 0.308. The third-order valence-electron chi connectivity index (χ3n) is 3.28. The minimum atomic E-state index is 0.698. The summed E-state index contributed by atoms with van der Waals surface area (Å²) in [7, 11) is 0. The average Bonchev–Trinajstić information content (AvgIpc) is 2.48. The number of hydrogen-bond acceptors (Lipinski definition) is 6. The van der Waals surface area contributed by atoms with Gasteiger partial charge in [-0.25, -0.2) is 15.0 Å². The maximum atomic E-state index is 6.03. The maximum absolute atomic E-state index is 6.03. The van der Waals surface area contributed by atoms with Gasteiger partial charge in [-0.1, -0.05) is 0 Å². The molecular formula is C13H15BrN6. The van der Waals surface area contributed by atoms with Crippen molar-refractivity contribution < 1.29 is 0 Å². The predicted molar refractivity (Wildman–Crippen MR) is 82.8 cm³/mol. The fourth-order valence-corrected chi connectivity index (χ4v) is 2.63. The molecule has 104 valence electrons. The molecule has 0 atom stereocenters. The van der Waals surface area contributed by atoms with Crippen LogP contribution in [0.25, 0.3) is 0 Å². The molecule has 2 aromatic heterocycles. The zero-order valence-electron chi connectivity index (χ0n) is 10.9. The summed E-state index contributed by atoms with van der Waals surface area (Å²) in [6.07, 6.45) is 5.31. The van der Waals surface area contributed by atoms with Gasteiger partial charge in [-0.2, -0.15) is 0 Å². The number of rotatable bonds is 2. The third-order valence-corrected chi connectivity index (χ3v) is 3.71. The molecule has 0 radical (unpaired) electrons. The smallest absolute Gasteiger partial charge is 0.225 e. The number of nitrogen functional groups attached to an aromatic ring is 1. The first-order chi connectivity index (χ1) is 9.74. The molecule has 2 N–H and O–H groups in total. The van der Waals surface area contributed by atoms with Gasteiger partial charge in [0.1, 0.15) is 0 Å². The maximum Gasteiger partial charge on any atom is 0.225 e. The molecule has 1 aliphatic rings. The molecule has 6 nitrogen and oxygen atoms in total. The molecule has 3 rings (SSSR count). The van der Waals surface area contributed by atoms with Gasteiger partial charge in [0.25, 0.3) is 0 Å². The van der Waals surface area contributed by atoms with Crippen molar-refractivity contribution in [2.45, 2.75) is 0 Å². The van der Waals surface area contributed by atoms with E-state index in [9.17, 15) is 0 Å². The van der Waals surface area contributed by atoms with Crippen molar-refractivity contribution in [1.82, 2.24) is 15.0 Å². The van der Waals surface area contributed by atoms with Crippen molar-refractivity contribution >= 4 is 33.4 Å². The molecule has 20 heavy (non-hydrogen) atoms. The predicted octanol–water partition coefficient (Wildman–Crippen LogP) is 1.54. The minimum Gasteiger partial charge on any atom is -0.396 e. The number of piperazine rings is 1. The van der Waals surface area contributed by atoms with E-state index in [1.807, 2.05) is 12.1 Å². The lowest BCUT2D eigenvalue weighted by Gasteiger charge is -2.35. The highest BCUT2D eigenvalue weighted by Gasteiger charge is 2.21. The summed E-state index contributed by atoms with van der Waals surface area (Å²) < 4.78 is 0.898. The zero-order valence-corrected chi connectivity index (χ0v) is 12.5. The van der Waals surface area contributed by atoms with Crippen LogP contribution in [-0.4, -0.2) is 41.1 Å². The van der Waals surface area contributed by atoms with E-state index in [-0.39, 0.29) is 0 Å². The lowest BCUT2D eigenvalue weighted by atomic mass is 10.3. The lowest BCUT2D eigenvalue weighted by molar-refractivity contribution is 0.635. The van der Waals surface area contributed by atoms with E-state index >= 15 is 0 Å². The topological polar surface area (TPSA) is 71.2 Å². The van der Waals surface area contributed by atoms with Gasteiger partial charge in [0.2, 0.25) is 5.95 Å². The van der Waals surface area contributed by atoms with Crippen LogP contribution in [0.15, 0.2) is 35.2 Å². The Hall–Kier alpha value is -1.89. The number of nitrogens with two attached hydrogens (primary N) is 1. The normalized spacial score (nSPS) is 15.4. The first-order valence-electron chi connectivity index (χ1n) is 6.42. The Morgan fingerprint density at radius 2 is 1.65 bits per heavy atom. The van der Waals surface area contributed by atoms with Gasteiger partial charge in [-0.3, -0.25) is 0 Å². The van der Waals surface area contributed by atoms with Crippen molar-refractivity contribution in [1.29, 1.82) is 0 Å². The van der Waals surface area contributed by atoms with Crippen molar-refractivity contribution in [3.63, 3.8) is 0 Å². The molecule has 0 aromatic carbocycles. The third kappa shape index (κ3) is 2.67. The first kappa shape index (κ1) is 13.1. The molecule has 0 bridgehead atoms. The van der Waals surface area contributed by atoms with Crippen LogP contribution in [0.1, 0.15) is 0 Å². The van der Waals surface area contributed by atoms with Crippen LogP contribution in [0.2, 0.25) is 0 Å². The number of halogens is 1. The van der Waals surface area contributed by atoms with Crippen LogP contribution in [0.3, 0.4) is 0 Å². The molecule has 0 spiro atoms. The van der Waals surface area contributed by atoms with Crippen molar-refractivity contribution in [3.05, 3.63) is 35.2 Å². The second-order valence-electron chi connectivity index (χ2n) is 4.59. The van der Waals surface area contributed by atoms with Crippen LogP contribution in [0.4, 0.5) is 17.5 Å². The van der Waals surface area contributed by atoms with E-state index in [0.717, 1.165) is 42.4 Å². The van der Waals surface area contributed by atoms with Gasteiger partial charge in [0.15, 0.2) is 5.82 Å². The van der Waals surface area contributed by atoms with Crippen molar-refractivity contribution in [3.8, 4) is 0 Å². The minimum absolute atomic E-state index is 0.698. The average molecular weight is 335 g/mol. The lowest BCUT2D eigenvalue weighted by Crippen LogP contribution is -2.47. The quantitative estimate of drug-likeness (QED) is 0.898. The highest BCUT2D eigenvalue weighted by molar-refractivity contribution is 9.10. The van der Waals surface area contributed by atoms with Gasteiger partial charge in [0.05, 0.1) is 5.69 Å². The van der Waals surface area contributed by atoms with Crippen LogP contribution >= 0.6 is 15.9 Å². The largest absolute Gasteiger partial charge is 0.396 e. The first-order valence-corrected chi connectivity index (χ1v) is 7.21. The van der Waals surface area contributed by atoms with Gasteiger partial charge in [0, 0.05) is 49.2 Å². The summed E-state index contributed by atoms with van der Waals surface area (Å²) >= 11 is 3.37. The summed E-state index contributed by atoms with van der Waals surface area (Å²) in [6, 6.07) is 3.71. The molecule has 3 heterocycles. The molecule has 0 saturated carbocycles. The highest BCUT2D eigenvalue weighted by atomic mass is 79.9. The standard InChI is InChI=1S/C13H15BrN6/c14-10-8-11(15)12(18-9-10)19-4-6-20(7-5-19)13-16-2-1-3-17-13/h1-3,8-9H,4-7,15H2. The van der Waals surface area contributed by atoms with E-state index in [4.69, 9.17) is 5.73 Å². The molecule has 0 aliphatic carbocycles. The van der Waals surface area contributed by atoms with Crippen molar-refractivity contribution in [2.75, 3.05) is 41.7 Å². The molecule has 1 aliphatic heterocycles. The molecule has 2 aromatic rings. The Labute approximate surface area is 125 Å². The summed E-state index contributed by atoms with van der Waals surface area (Å²) in [6.45, 7) is 3.44. The zero-order chi connectivity index (χ0) is 13.9. The second-order valence-corrected chi connectivity index (χ2v) is 5.50. The van der Waals surface area contributed by atoms with Gasteiger partial charge in [-0.05, 0) is 28.1 Å². The molecule has 0 unspecified atom stereocenters. The Morgan fingerprint density at radius 1 is 1.00 bits per heavy atom. The van der Waals surface area contributed by atoms with Gasteiger partial charge >= 0.3 is 0 Å². The monoisotopic (exact) mass is 334 g/mol. The molecule has 1 saturated heterocycles. The Balaban J connectivity index is 1.69. The van der Waals surface area contributed by atoms with Crippen LogP contribution < -0.4 is 15.5 Å². The van der Waals surface area contributed by atoms with E-state index in [0.29, 0.717) is 5.69 Å². The molecule has 7 heteroatoms. The van der Waals surface area contributed by atoms with E-state index in [2.05, 4.69) is 40.7 Å². The Bertz CT molecular complexity index is 583. The number of anilines is 3. The van der Waals surface area contributed by atoms with Crippen LogP contribution in [0, 0.1) is 0 Å². The SMILES string of the molecule is Nc1cc(Br)cnc1N1CCN(c2ncccn2)CC1. The number of nitrogens with zero attached hydrogens (tertiary/aromatic N) is 5. The van der Waals surface area contributed by atoms with Crippen molar-refractivity contribution in [2.24, 2.45) is 0 Å². The Kier molecular flexibility index (Phi) is 3.68.